The molecule has 0 spiro atoms. The van der Waals surface area contributed by atoms with E-state index in [0.29, 0.717) is 12.2 Å². The molecule has 3 aromatic carbocycles. The van der Waals surface area contributed by atoms with Gasteiger partial charge in [0.05, 0.1) is 13.4 Å². The summed E-state index contributed by atoms with van der Waals surface area (Å²) in [6.07, 6.45) is 1.63. The van der Waals surface area contributed by atoms with Gasteiger partial charge in [-0.1, -0.05) is 46.3 Å². The Morgan fingerprint density at radius 1 is 1.04 bits per heavy atom. The van der Waals surface area contributed by atoms with E-state index in [1.165, 1.54) is 0 Å². The van der Waals surface area contributed by atoms with Gasteiger partial charge in [0.1, 0.15) is 12.4 Å². The molecule has 4 nitrogen and oxygen atoms in total. The van der Waals surface area contributed by atoms with Gasteiger partial charge in [-0.15, -0.1) is 0 Å². The summed E-state index contributed by atoms with van der Waals surface area (Å²) in [6.45, 7) is 0.517. The predicted octanol–water partition coefficient (Wildman–Crippen LogP) is 6.00. The number of rotatable bonds is 6. The maximum Gasteiger partial charge on any atom is 0.271 e. The summed E-state index contributed by atoms with van der Waals surface area (Å²) in [5, 5.41) is 4.06. The second kappa shape index (κ2) is 10.4. The van der Waals surface area contributed by atoms with Gasteiger partial charge in [0, 0.05) is 10.0 Å². The smallest absolute Gasteiger partial charge is 0.271 e. The van der Waals surface area contributed by atoms with Gasteiger partial charge in [-0.3, -0.25) is 4.79 Å². The van der Waals surface area contributed by atoms with E-state index in [1.54, 1.807) is 18.3 Å². The van der Waals surface area contributed by atoms with Crippen molar-refractivity contribution in [2.45, 2.75) is 6.61 Å². The average molecular weight is 661 g/mol. The predicted molar refractivity (Wildman–Crippen MR) is 132 cm³/mol. The first-order chi connectivity index (χ1) is 13.5. The minimum absolute atomic E-state index is 0.254. The zero-order valence-electron chi connectivity index (χ0n) is 14.5. The third-order valence-corrected chi connectivity index (χ3v) is 5.86. The van der Waals surface area contributed by atoms with Gasteiger partial charge in [0.2, 0.25) is 0 Å². The molecule has 0 aliphatic carbocycles. The molecule has 0 saturated heterocycles. The minimum atomic E-state index is -0.254. The number of ether oxygens (including phenoxy) is 1. The largest absolute Gasteiger partial charge is 0.487 e. The van der Waals surface area contributed by atoms with Crippen LogP contribution in [0.4, 0.5) is 0 Å². The van der Waals surface area contributed by atoms with Gasteiger partial charge in [-0.25, -0.2) is 5.43 Å². The number of hydrazone groups is 1. The molecular formula is C21H15BrI2N2O2. The van der Waals surface area contributed by atoms with Gasteiger partial charge in [0.15, 0.2) is 0 Å². The van der Waals surface area contributed by atoms with Crippen molar-refractivity contribution < 1.29 is 9.53 Å². The van der Waals surface area contributed by atoms with Gasteiger partial charge < -0.3 is 4.74 Å². The highest BCUT2D eigenvalue weighted by atomic mass is 127. The SMILES string of the molecule is O=C(N/N=C/c1cc(I)c(OCc2ccccc2)c(I)c1)c1ccc(Br)cc1. The third kappa shape index (κ3) is 6.02. The van der Waals surface area contributed by atoms with Crippen LogP contribution in [0.1, 0.15) is 21.5 Å². The normalized spacial score (nSPS) is 10.8. The van der Waals surface area contributed by atoms with Crippen molar-refractivity contribution in [2.75, 3.05) is 0 Å². The molecule has 0 aliphatic heterocycles. The van der Waals surface area contributed by atoms with Crippen LogP contribution in [0.2, 0.25) is 0 Å². The highest BCUT2D eigenvalue weighted by Gasteiger charge is 2.09. The molecule has 1 N–H and O–H groups in total. The van der Waals surface area contributed by atoms with Crippen molar-refractivity contribution in [1.82, 2.24) is 5.43 Å². The molecule has 0 bridgehead atoms. The van der Waals surface area contributed by atoms with E-state index >= 15 is 0 Å². The Bertz CT molecular complexity index is 970. The van der Waals surface area contributed by atoms with Gasteiger partial charge in [-0.2, -0.15) is 5.10 Å². The van der Waals surface area contributed by atoms with E-state index < -0.39 is 0 Å². The Balaban J connectivity index is 1.64. The molecule has 0 unspecified atom stereocenters. The van der Waals surface area contributed by atoms with Crippen LogP contribution in [-0.4, -0.2) is 12.1 Å². The van der Waals surface area contributed by atoms with Crippen LogP contribution in [-0.2, 0) is 6.61 Å². The maximum atomic E-state index is 12.1. The third-order valence-electron chi connectivity index (χ3n) is 3.73. The molecule has 3 aromatic rings. The number of nitrogens with zero attached hydrogens (tertiary/aromatic N) is 1. The van der Waals surface area contributed by atoms with Gasteiger partial charge >= 0.3 is 0 Å². The topological polar surface area (TPSA) is 50.7 Å². The Kier molecular flexibility index (Phi) is 7.86. The summed E-state index contributed by atoms with van der Waals surface area (Å²) < 4.78 is 8.88. The van der Waals surface area contributed by atoms with Crippen molar-refractivity contribution >= 4 is 73.2 Å². The lowest BCUT2D eigenvalue weighted by atomic mass is 10.2. The quantitative estimate of drug-likeness (QED) is 0.200. The molecule has 0 heterocycles. The summed E-state index contributed by atoms with van der Waals surface area (Å²) in [6, 6.07) is 21.1. The van der Waals surface area contributed by atoms with Crippen molar-refractivity contribution in [3.05, 3.63) is 95.0 Å². The summed E-state index contributed by atoms with van der Waals surface area (Å²) in [4.78, 5) is 12.1. The van der Waals surface area contributed by atoms with Crippen LogP contribution in [0.3, 0.4) is 0 Å². The molecule has 0 radical (unpaired) electrons. The van der Waals surface area contributed by atoms with Crippen LogP contribution in [0.5, 0.6) is 5.75 Å². The molecule has 3 rings (SSSR count). The first-order valence-corrected chi connectivity index (χ1v) is 11.2. The Hall–Kier alpha value is -1.46. The lowest BCUT2D eigenvalue weighted by molar-refractivity contribution is 0.0955. The molecule has 0 aliphatic rings. The zero-order chi connectivity index (χ0) is 19.9. The fraction of sp³-hybridized carbons (Fsp3) is 0.0476. The Morgan fingerprint density at radius 3 is 2.32 bits per heavy atom. The highest BCUT2D eigenvalue weighted by molar-refractivity contribution is 14.1. The molecular weight excluding hydrogens is 646 g/mol. The van der Waals surface area contributed by atoms with E-state index in [2.05, 4.69) is 71.6 Å². The van der Waals surface area contributed by atoms with E-state index in [0.717, 1.165) is 28.5 Å². The second-order valence-electron chi connectivity index (χ2n) is 5.79. The standard InChI is InChI=1S/C21H15BrI2N2O2/c22-17-8-6-16(7-9-17)21(27)26-25-12-15-10-18(23)20(19(24)11-15)28-13-14-4-2-1-3-5-14/h1-12H,13H2,(H,26,27)/b25-12+. The fourth-order valence-corrected chi connectivity index (χ4v) is 4.74. The molecule has 1 amide bonds. The number of halogens is 3. The highest BCUT2D eigenvalue weighted by Crippen LogP contribution is 2.29. The molecule has 142 valence electrons. The number of carbonyl (C=O) groups is 1. The number of carbonyl (C=O) groups excluding carboxylic acids is 1. The van der Waals surface area contributed by atoms with E-state index in [-0.39, 0.29) is 5.91 Å². The number of hydrogen-bond acceptors (Lipinski definition) is 3. The molecule has 28 heavy (non-hydrogen) atoms. The minimum Gasteiger partial charge on any atom is -0.487 e. The molecule has 0 aromatic heterocycles. The van der Waals surface area contributed by atoms with Crippen LogP contribution in [0.15, 0.2) is 76.3 Å². The summed E-state index contributed by atoms with van der Waals surface area (Å²) in [5.41, 5.74) is 5.10. The molecule has 7 heteroatoms. The Morgan fingerprint density at radius 2 is 1.68 bits per heavy atom. The van der Waals surface area contributed by atoms with Crippen LogP contribution in [0, 0.1) is 7.14 Å². The van der Waals surface area contributed by atoms with Crippen molar-refractivity contribution in [3.63, 3.8) is 0 Å². The number of hydrogen-bond donors (Lipinski definition) is 1. The average Bonchev–Trinajstić information content (AvgIpc) is 2.68. The first-order valence-electron chi connectivity index (χ1n) is 8.27. The number of benzene rings is 3. The van der Waals surface area contributed by atoms with Crippen LogP contribution < -0.4 is 10.2 Å². The van der Waals surface area contributed by atoms with Crippen molar-refractivity contribution in [3.8, 4) is 5.75 Å². The number of nitrogens with one attached hydrogen (secondary N) is 1. The molecule has 0 fully saturated rings. The molecule has 0 saturated carbocycles. The zero-order valence-corrected chi connectivity index (χ0v) is 20.4. The van der Waals surface area contributed by atoms with Crippen LogP contribution in [0.25, 0.3) is 0 Å². The Labute approximate surface area is 199 Å². The van der Waals surface area contributed by atoms with Crippen LogP contribution >= 0.6 is 61.1 Å². The number of amides is 1. The van der Waals surface area contributed by atoms with Gasteiger partial charge in [-0.05, 0) is 92.7 Å². The lowest BCUT2D eigenvalue weighted by Gasteiger charge is -2.11. The lowest BCUT2D eigenvalue weighted by Crippen LogP contribution is -2.17. The van der Waals surface area contributed by atoms with Crippen molar-refractivity contribution in [2.24, 2.45) is 5.10 Å². The maximum absolute atomic E-state index is 12.1. The van der Waals surface area contributed by atoms with E-state index in [9.17, 15) is 4.79 Å². The summed E-state index contributed by atoms with van der Waals surface area (Å²) in [5.74, 6) is 0.594. The monoisotopic (exact) mass is 660 g/mol. The van der Waals surface area contributed by atoms with E-state index in [4.69, 9.17) is 4.74 Å². The second-order valence-corrected chi connectivity index (χ2v) is 9.03. The van der Waals surface area contributed by atoms with Gasteiger partial charge in [0.25, 0.3) is 5.91 Å². The fourth-order valence-electron chi connectivity index (χ4n) is 2.35. The first kappa shape index (κ1) is 21.3. The summed E-state index contributed by atoms with van der Waals surface area (Å²) in [7, 11) is 0. The van der Waals surface area contributed by atoms with E-state index in [1.807, 2.05) is 54.6 Å². The van der Waals surface area contributed by atoms with Crippen molar-refractivity contribution in [1.29, 1.82) is 0 Å². The molecule has 0 atom stereocenters. The summed E-state index contributed by atoms with van der Waals surface area (Å²) >= 11 is 7.85.